The predicted octanol–water partition coefficient (Wildman–Crippen LogP) is 6.13. The van der Waals surface area contributed by atoms with Gasteiger partial charge < -0.3 is 42.6 Å². The third-order valence-electron chi connectivity index (χ3n) is 14.0. The highest BCUT2D eigenvalue weighted by atomic mass is 16.8. The Morgan fingerprint density at radius 3 is 2.12 bits per heavy atom. The number of carbonyl (C=O) groups excluding carboxylic acids is 7. The molecule has 2 bridgehead atoms. The second-order valence-corrected chi connectivity index (χ2v) is 18.4. The van der Waals surface area contributed by atoms with Crippen LogP contribution in [-0.2, 0) is 68.5 Å². The first-order valence-electron chi connectivity index (χ1n) is 22.1. The molecule has 8 rings (SSSR count). The Balaban J connectivity index is 1.22. The molecule has 3 aliphatic carbocycles. The number of non-ortho nitro benzene ring substituents is 1. The van der Waals surface area contributed by atoms with Crippen molar-refractivity contribution in [2.45, 2.75) is 109 Å². The van der Waals surface area contributed by atoms with Gasteiger partial charge in [-0.05, 0) is 66.5 Å². The molecule has 0 radical (unpaired) electrons. The first kappa shape index (κ1) is 48.2. The Bertz CT molecular complexity index is 2680. The van der Waals surface area contributed by atoms with Crippen LogP contribution in [0.4, 0.5) is 10.5 Å². The molecule has 0 unspecified atom stereocenters. The van der Waals surface area contributed by atoms with E-state index in [-0.39, 0.29) is 47.8 Å². The number of hydrogen-bond donors (Lipinski definition) is 0. The van der Waals surface area contributed by atoms with Crippen LogP contribution >= 0.6 is 0 Å². The number of esters is 5. The van der Waals surface area contributed by atoms with E-state index in [1.54, 1.807) is 63.2 Å². The van der Waals surface area contributed by atoms with Gasteiger partial charge in [0.1, 0.15) is 24.1 Å². The quantitative estimate of drug-likeness (QED) is 0.0377. The molecule has 2 saturated heterocycles. The van der Waals surface area contributed by atoms with Gasteiger partial charge in [0.2, 0.25) is 0 Å². The molecule has 10 atom stereocenters. The van der Waals surface area contributed by atoms with Crippen molar-refractivity contribution in [2.75, 3.05) is 6.61 Å². The molecule has 3 aromatic rings. The van der Waals surface area contributed by atoms with Gasteiger partial charge in [0.25, 0.3) is 5.69 Å². The molecule has 0 amide bonds. The van der Waals surface area contributed by atoms with E-state index >= 15 is 4.79 Å². The topological polar surface area (TPSA) is 246 Å². The smallest absolute Gasteiger partial charge is 0.458 e. The molecule has 0 N–H and O–H groups in total. The zero-order chi connectivity index (χ0) is 49.8. The fourth-order valence-corrected chi connectivity index (χ4v) is 11.0. The third kappa shape index (κ3) is 8.22. The standard InChI is InChI=1S/C50H49NO18/c1-26-38-40(64-28(3)53)42(56)48(7)35(66-37(55)22-15-30-13-20-34(21-14-30)65-45(57)32-16-18-33(19-17-32)51(59)60)23-36-49(25-62-36,68-29(4)54)41(48)44(61-24-31-11-9-8-10-12-31)50(47(38,5)6)43(67-46(58)69-50)39(26)63-27(2)52/h8-22,35-36,39-41,43-44H,23-25H2,1-7H3/b22-15+/t35-,36+,39+,40+,41-,43-,44-,48+,49-,50+/m0/s1. The summed E-state index contributed by atoms with van der Waals surface area (Å²) in [7, 11) is 0. The third-order valence-corrected chi connectivity index (χ3v) is 14.0. The Hall–Kier alpha value is -7.25. The summed E-state index contributed by atoms with van der Waals surface area (Å²) in [6.45, 7) is 9.43. The minimum Gasteiger partial charge on any atom is -0.458 e. The second kappa shape index (κ2) is 18.0. The van der Waals surface area contributed by atoms with Gasteiger partial charge >= 0.3 is 36.0 Å². The van der Waals surface area contributed by atoms with Crippen molar-refractivity contribution in [1.29, 1.82) is 0 Å². The lowest BCUT2D eigenvalue weighted by Crippen LogP contribution is -2.83. The van der Waals surface area contributed by atoms with Crippen LogP contribution in [0.25, 0.3) is 6.08 Å². The first-order valence-corrected chi connectivity index (χ1v) is 22.1. The number of nitro benzene ring substituents is 1. The number of rotatable bonds is 12. The second-order valence-electron chi connectivity index (χ2n) is 18.4. The molecule has 2 heterocycles. The zero-order valence-electron chi connectivity index (χ0n) is 38.6. The summed E-state index contributed by atoms with van der Waals surface area (Å²) in [5, 5.41) is 11.0. The largest absolute Gasteiger partial charge is 0.509 e. The summed E-state index contributed by atoms with van der Waals surface area (Å²) >= 11 is 0. The Kier molecular flexibility index (Phi) is 12.6. The normalized spacial score (nSPS) is 30.6. The van der Waals surface area contributed by atoms with Crippen LogP contribution in [-0.4, -0.2) is 101 Å². The number of ketones is 1. The van der Waals surface area contributed by atoms with Crippen LogP contribution in [0, 0.1) is 26.9 Å². The summed E-state index contributed by atoms with van der Waals surface area (Å²) < 4.78 is 55.4. The van der Waals surface area contributed by atoms with Gasteiger partial charge in [0, 0.05) is 50.8 Å². The van der Waals surface area contributed by atoms with Gasteiger partial charge in [0.15, 0.2) is 35.3 Å². The lowest BCUT2D eigenvalue weighted by atomic mass is 9.44. The Labute approximate surface area is 395 Å². The van der Waals surface area contributed by atoms with Crippen LogP contribution < -0.4 is 4.74 Å². The molecule has 4 fully saturated rings. The average Bonchev–Trinajstić information content (AvgIpc) is 3.66. The van der Waals surface area contributed by atoms with E-state index in [0.717, 1.165) is 19.9 Å². The van der Waals surface area contributed by atoms with E-state index in [9.17, 15) is 38.9 Å². The highest BCUT2D eigenvalue weighted by Gasteiger charge is 2.83. The van der Waals surface area contributed by atoms with Crippen molar-refractivity contribution in [3.8, 4) is 5.75 Å². The number of hydrogen-bond acceptors (Lipinski definition) is 18. The Morgan fingerprint density at radius 1 is 0.855 bits per heavy atom. The highest BCUT2D eigenvalue weighted by Crippen LogP contribution is 2.67. The number of Topliss-reactive ketones (excluding diaryl/α,β-unsaturated/α-hetero) is 1. The first-order chi connectivity index (χ1) is 32.6. The molecule has 1 spiro atoms. The van der Waals surface area contributed by atoms with E-state index in [0.29, 0.717) is 11.1 Å². The number of ether oxygens (including phenoxy) is 9. The molecule has 19 nitrogen and oxygen atoms in total. The predicted molar refractivity (Wildman–Crippen MR) is 236 cm³/mol. The van der Waals surface area contributed by atoms with E-state index in [1.807, 2.05) is 0 Å². The van der Waals surface area contributed by atoms with Crippen LogP contribution in [0.3, 0.4) is 0 Å². The number of benzene rings is 3. The minimum atomic E-state index is -2.06. The van der Waals surface area contributed by atoms with Crippen LogP contribution in [0.1, 0.15) is 76.4 Å². The van der Waals surface area contributed by atoms with Gasteiger partial charge in [0.05, 0.1) is 35.0 Å². The average molecular weight is 952 g/mol. The SMILES string of the molecule is CC(=O)O[C@H]1C(=O)[C@]2(C)[C@@H](OC(=O)/C=C/c3ccc(OC(=O)c4ccc([N+](=O)[O-])cc4)cc3)C[C@H]3OC[C@@]3(OC(C)=O)[C@H]2[C@H](OCc2ccccc2)[C@]23OC(=O)O[C@H]2[C@H](OC(C)=O)C(C)=C1C3(C)C. The molecular formula is C50H49NO18. The number of fused-ring (bicyclic) bond motifs is 4. The molecular weight excluding hydrogens is 903 g/mol. The molecule has 362 valence electrons. The van der Waals surface area contributed by atoms with Gasteiger partial charge in [-0.25, -0.2) is 14.4 Å². The number of nitrogens with zero attached hydrogens (tertiary/aromatic N) is 1. The fraction of sp³-hybridized carbons (Fsp3) is 0.420. The summed E-state index contributed by atoms with van der Waals surface area (Å²) in [5.74, 6) is -6.16. The van der Waals surface area contributed by atoms with Crippen molar-refractivity contribution >= 4 is 53.5 Å². The monoisotopic (exact) mass is 951 g/mol. The van der Waals surface area contributed by atoms with Crippen molar-refractivity contribution in [2.24, 2.45) is 16.7 Å². The highest BCUT2D eigenvalue weighted by molar-refractivity contribution is 5.96. The lowest BCUT2D eigenvalue weighted by molar-refractivity contribution is -0.384. The van der Waals surface area contributed by atoms with Crippen LogP contribution in [0.2, 0.25) is 0 Å². The summed E-state index contributed by atoms with van der Waals surface area (Å²) in [5.41, 5.74) is -5.99. The van der Waals surface area contributed by atoms with Crippen molar-refractivity contribution < 1.29 is 81.1 Å². The molecule has 5 aliphatic rings. The Morgan fingerprint density at radius 2 is 1.52 bits per heavy atom. The molecule has 0 aromatic heterocycles. The van der Waals surface area contributed by atoms with Gasteiger partial charge in [-0.1, -0.05) is 56.3 Å². The van der Waals surface area contributed by atoms with E-state index < -0.39 is 111 Å². The summed E-state index contributed by atoms with van der Waals surface area (Å²) in [6, 6.07) is 19.9. The molecule has 69 heavy (non-hydrogen) atoms. The van der Waals surface area contributed by atoms with Crippen LogP contribution in [0.5, 0.6) is 5.75 Å². The number of nitro groups is 1. The van der Waals surface area contributed by atoms with E-state index in [4.69, 9.17) is 42.6 Å². The van der Waals surface area contributed by atoms with Gasteiger partial charge in [-0.3, -0.25) is 29.3 Å². The maximum atomic E-state index is 16.1. The van der Waals surface area contributed by atoms with Crippen molar-refractivity contribution in [3.63, 3.8) is 0 Å². The lowest BCUT2D eigenvalue weighted by Gasteiger charge is -2.67. The van der Waals surface area contributed by atoms with Gasteiger partial charge in [-0.15, -0.1) is 0 Å². The van der Waals surface area contributed by atoms with Crippen molar-refractivity contribution in [3.05, 3.63) is 123 Å². The summed E-state index contributed by atoms with van der Waals surface area (Å²) in [6.07, 6.45) is -7.46. The van der Waals surface area contributed by atoms with Crippen molar-refractivity contribution in [1.82, 2.24) is 0 Å². The van der Waals surface area contributed by atoms with Crippen LogP contribution in [0.15, 0.2) is 96.1 Å². The molecule has 19 heteroatoms. The maximum Gasteiger partial charge on any atom is 0.509 e. The molecule has 2 saturated carbocycles. The fourth-order valence-electron chi connectivity index (χ4n) is 11.0. The minimum absolute atomic E-state index is 0.0846. The van der Waals surface area contributed by atoms with E-state index in [1.165, 1.54) is 56.3 Å². The van der Waals surface area contributed by atoms with Gasteiger partial charge in [-0.2, -0.15) is 0 Å². The molecule has 2 aliphatic heterocycles. The summed E-state index contributed by atoms with van der Waals surface area (Å²) in [4.78, 5) is 107. The molecule has 3 aromatic carbocycles. The van der Waals surface area contributed by atoms with E-state index in [2.05, 4.69) is 0 Å². The number of carbonyl (C=O) groups is 7. The maximum absolute atomic E-state index is 16.1. The zero-order valence-corrected chi connectivity index (χ0v) is 38.6.